The molecule has 0 radical (unpaired) electrons. The first-order valence-corrected chi connectivity index (χ1v) is 12.3. The normalized spacial score (nSPS) is 18.0. The van der Waals surface area contributed by atoms with Crippen LogP contribution in [0.2, 0.25) is 0 Å². The highest BCUT2D eigenvalue weighted by molar-refractivity contribution is 8.18. The smallest absolute Gasteiger partial charge is 0.286 e. The molecule has 2 aromatic carbocycles. The second-order valence-electron chi connectivity index (χ2n) is 8.17. The Kier molecular flexibility index (Phi) is 8.07. The molecule has 2 heterocycles. The third-order valence-corrected chi connectivity index (χ3v) is 6.79. The summed E-state index contributed by atoms with van der Waals surface area (Å²) < 4.78 is 11.3. The third kappa shape index (κ3) is 6.18. The van der Waals surface area contributed by atoms with Crippen molar-refractivity contribution in [2.45, 2.75) is 26.3 Å². The Balaban J connectivity index is 1.34. The van der Waals surface area contributed by atoms with Gasteiger partial charge in [0.25, 0.3) is 5.91 Å². The molecule has 7 heteroatoms. The predicted octanol–water partition coefficient (Wildman–Crippen LogP) is 4.66. The molecule has 0 aliphatic carbocycles. The van der Waals surface area contributed by atoms with Crippen molar-refractivity contribution in [2.24, 2.45) is 4.99 Å². The molecule has 2 aliphatic rings. The Morgan fingerprint density at radius 2 is 1.85 bits per heavy atom. The number of unbranched alkanes of at least 4 members (excludes halogenated alkanes) is 1. The summed E-state index contributed by atoms with van der Waals surface area (Å²) in [6.45, 7) is 7.41. The van der Waals surface area contributed by atoms with Gasteiger partial charge < -0.3 is 14.4 Å². The van der Waals surface area contributed by atoms with Crippen molar-refractivity contribution >= 4 is 28.9 Å². The molecule has 2 aromatic rings. The predicted molar refractivity (Wildman–Crippen MR) is 135 cm³/mol. The molecule has 2 aliphatic heterocycles. The SMILES string of the molecule is CCCCOc1ccc(C=C2SC(N3CCN(Cc4ccccc4)CC3)=NC2=O)cc1OC. The van der Waals surface area contributed by atoms with Crippen LogP contribution in [0.5, 0.6) is 11.5 Å². The van der Waals surface area contributed by atoms with Crippen LogP contribution in [-0.4, -0.2) is 60.8 Å². The van der Waals surface area contributed by atoms with E-state index in [9.17, 15) is 4.79 Å². The zero-order valence-electron chi connectivity index (χ0n) is 19.3. The van der Waals surface area contributed by atoms with Crippen LogP contribution < -0.4 is 9.47 Å². The summed E-state index contributed by atoms with van der Waals surface area (Å²) in [7, 11) is 1.63. The van der Waals surface area contributed by atoms with Gasteiger partial charge in [-0.3, -0.25) is 9.69 Å². The van der Waals surface area contributed by atoms with Gasteiger partial charge >= 0.3 is 0 Å². The van der Waals surface area contributed by atoms with Gasteiger partial charge in [0, 0.05) is 32.7 Å². The summed E-state index contributed by atoms with van der Waals surface area (Å²) >= 11 is 1.46. The van der Waals surface area contributed by atoms with Crippen LogP contribution in [0.3, 0.4) is 0 Å². The number of benzene rings is 2. The van der Waals surface area contributed by atoms with E-state index in [1.54, 1.807) is 7.11 Å². The van der Waals surface area contributed by atoms with Crippen molar-refractivity contribution in [1.29, 1.82) is 0 Å². The van der Waals surface area contributed by atoms with Crippen molar-refractivity contribution in [3.63, 3.8) is 0 Å². The summed E-state index contributed by atoms with van der Waals surface area (Å²) in [6.07, 6.45) is 3.96. The largest absolute Gasteiger partial charge is 0.493 e. The highest BCUT2D eigenvalue weighted by Gasteiger charge is 2.28. The Bertz CT molecular complexity index is 1010. The standard InChI is InChI=1S/C26H31N3O3S/c1-3-4-16-32-22-11-10-21(17-23(22)31-2)18-24-25(30)27-26(33-24)29-14-12-28(13-15-29)19-20-8-6-5-7-9-20/h5-11,17-18H,3-4,12-16,19H2,1-2H3. The lowest BCUT2D eigenvalue weighted by molar-refractivity contribution is -0.113. The molecule has 33 heavy (non-hydrogen) atoms. The zero-order chi connectivity index (χ0) is 23.0. The first-order chi connectivity index (χ1) is 16.2. The number of rotatable bonds is 8. The van der Waals surface area contributed by atoms with Gasteiger partial charge in [-0.2, -0.15) is 4.99 Å². The lowest BCUT2D eigenvalue weighted by atomic mass is 10.2. The number of thioether (sulfide) groups is 1. The average molecular weight is 466 g/mol. The number of methoxy groups -OCH3 is 1. The molecule has 0 atom stereocenters. The monoisotopic (exact) mass is 465 g/mol. The van der Waals surface area contributed by atoms with E-state index >= 15 is 0 Å². The summed E-state index contributed by atoms with van der Waals surface area (Å²) in [5, 5.41) is 0.803. The molecule has 0 bridgehead atoms. The first kappa shape index (κ1) is 23.4. The van der Waals surface area contributed by atoms with Crippen LogP contribution in [0.25, 0.3) is 6.08 Å². The second-order valence-corrected chi connectivity index (χ2v) is 9.18. The molecular formula is C26H31N3O3S. The lowest BCUT2D eigenvalue weighted by Gasteiger charge is -2.35. The lowest BCUT2D eigenvalue weighted by Crippen LogP contribution is -2.47. The van der Waals surface area contributed by atoms with Crippen molar-refractivity contribution in [3.8, 4) is 11.5 Å². The number of carbonyl (C=O) groups excluding carboxylic acids is 1. The van der Waals surface area contributed by atoms with Gasteiger partial charge in [-0.05, 0) is 47.5 Å². The minimum atomic E-state index is -0.177. The van der Waals surface area contributed by atoms with E-state index in [1.165, 1.54) is 17.3 Å². The maximum atomic E-state index is 12.6. The number of aliphatic imine (C=N–C) groups is 1. The Hall–Kier alpha value is -2.77. The van der Waals surface area contributed by atoms with Gasteiger partial charge in [-0.25, -0.2) is 0 Å². The van der Waals surface area contributed by atoms with Gasteiger partial charge in [0.2, 0.25) is 0 Å². The molecule has 0 spiro atoms. The molecule has 0 aromatic heterocycles. The van der Waals surface area contributed by atoms with Crippen LogP contribution in [0.4, 0.5) is 0 Å². The zero-order valence-corrected chi connectivity index (χ0v) is 20.1. The molecule has 1 amide bonds. The average Bonchev–Trinajstić information content (AvgIpc) is 3.21. The van der Waals surface area contributed by atoms with Crippen molar-refractivity contribution in [1.82, 2.24) is 9.80 Å². The number of hydrogen-bond acceptors (Lipinski definition) is 6. The molecule has 0 saturated carbocycles. The van der Waals surface area contributed by atoms with Gasteiger partial charge in [-0.15, -0.1) is 0 Å². The van der Waals surface area contributed by atoms with E-state index in [-0.39, 0.29) is 5.91 Å². The Morgan fingerprint density at radius 3 is 2.58 bits per heavy atom. The van der Waals surface area contributed by atoms with E-state index in [4.69, 9.17) is 9.47 Å². The highest BCUT2D eigenvalue weighted by Crippen LogP contribution is 2.33. The summed E-state index contributed by atoms with van der Waals surface area (Å²) in [6, 6.07) is 16.3. The number of hydrogen-bond donors (Lipinski definition) is 0. The second kappa shape index (κ2) is 11.4. The fraction of sp³-hybridized carbons (Fsp3) is 0.385. The molecule has 1 fully saturated rings. The number of ether oxygens (including phenoxy) is 2. The molecular weight excluding hydrogens is 434 g/mol. The van der Waals surface area contributed by atoms with Crippen molar-refractivity contribution < 1.29 is 14.3 Å². The van der Waals surface area contributed by atoms with Crippen LogP contribution in [0.1, 0.15) is 30.9 Å². The van der Waals surface area contributed by atoms with Gasteiger partial charge in [-0.1, -0.05) is 49.7 Å². The maximum absolute atomic E-state index is 12.6. The molecule has 0 N–H and O–H groups in total. The van der Waals surface area contributed by atoms with E-state index in [1.807, 2.05) is 30.3 Å². The van der Waals surface area contributed by atoms with Crippen LogP contribution in [0, 0.1) is 0 Å². The van der Waals surface area contributed by atoms with Crippen molar-refractivity contribution in [3.05, 3.63) is 64.6 Å². The minimum absolute atomic E-state index is 0.177. The fourth-order valence-corrected chi connectivity index (χ4v) is 4.81. The number of carbonyl (C=O) groups is 1. The maximum Gasteiger partial charge on any atom is 0.286 e. The topological polar surface area (TPSA) is 54.4 Å². The summed E-state index contributed by atoms with van der Waals surface area (Å²) in [4.78, 5) is 22.2. The van der Waals surface area contributed by atoms with E-state index in [2.05, 4.69) is 46.0 Å². The van der Waals surface area contributed by atoms with Gasteiger partial charge in [0.15, 0.2) is 16.7 Å². The first-order valence-electron chi connectivity index (χ1n) is 11.5. The molecule has 1 saturated heterocycles. The van der Waals surface area contributed by atoms with Crippen LogP contribution >= 0.6 is 11.8 Å². The summed E-state index contributed by atoms with van der Waals surface area (Å²) in [5.41, 5.74) is 2.23. The van der Waals surface area contributed by atoms with Gasteiger partial charge in [0.05, 0.1) is 18.6 Å². The van der Waals surface area contributed by atoms with Gasteiger partial charge in [0.1, 0.15) is 0 Å². The Labute approximate surface area is 200 Å². The van der Waals surface area contributed by atoms with E-state index in [0.717, 1.165) is 62.0 Å². The number of amides is 1. The fourth-order valence-electron chi connectivity index (χ4n) is 3.84. The number of nitrogens with zero attached hydrogens (tertiary/aromatic N) is 3. The minimum Gasteiger partial charge on any atom is -0.493 e. The molecule has 174 valence electrons. The van der Waals surface area contributed by atoms with E-state index in [0.29, 0.717) is 17.3 Å². The summed E-state index contributed by atoms with van der Waals surface area (Å²) in [5.74, 6) is 1.22. The Morgan fingerprint density at radius 1 is 1.06 bits per heavy atom. The number of piperazine rings is 1. The quantitative estimate of drug-likeness (QED) is 0.417. The van der Waals surface area contributed by atoms with E-state index < -0.39 is 0 Å². The third-order valence-electron chi connectivity index (χ3n) is 5.74. The number of amidine groups is 1. The van der Waals surface area contributed by atoms with Crippen molar-refractivity contribution in [2.75, 3.05) is 39.9 Å². The molecule has 4 rings (SSSR count). The molecule has 0 unspecified atom stereocenters. The highest BCUT2D eigenvalue weighted by atomic mass is 32.2. The molecule has 6 nitrogen and oxygen atoms in total. The van der Waals surface area contributed by atoms with Crippen LogP contribution in [0.15, 0.2) is 58.4 Å². The van der Waals surface area contributed by atoms with Crippen LogP contribution in [-0.2, 0) is 11.3 Å².